The first-order valence-corrected chi connectivity index (χ1v) is 5.58. The first-order valence-electron chi connectivity index (χ1n) is 5.20. The molecule has 1 aliphatic rings. The Balaban J connectivity index is 2.22. The predicted octanol–water partition coefficient (Wildman–Crippen LogP) is 2.20. The first-order chi connectivity index (χ1) is 7.77. The van der Waals surface area contributed by atoms with Gasteiger partial charge in [0.1, 0.15) is 17.1 Å². The van der Waals surface area contributed by atoms with Crippen molar-refractivity contribution < 1.29 is 9.84 Å². The van der Waals surface area contributed by atoms with Crippen molar-refractivity contribution in [3.8, 4) is 5.75 Å². The zero-order valence-corrected chi connectivity index (χ0v) is 9.31. The van der Waals surface area contributed by atoms with E-state index in [9.17, 15) is 5.11 Å². The van der Waals surface area contributed by atoms with Crippen LogP contribution in [0.25, 0.3) is 5.52 Å². The van der Waals surface area contributed by atoms with E-state index in [-0.39, 0.29) is 11.7 Å². The number of fused-ring (bicyclic) bond motifs is 1. The fourth-order valence-corrected chi connectivity index (χ4v) is 2.40. The lowest BCUT2D eigenvalue weighted by Gasteiger charge is -2.06. The van der Waals surface area contributed by atoms with Crippen LogP contribution in [-0.2, 0) is 4.74 Å². The average Bonchev–Trinajstić information content (AvgIpc) is 2.86. The SMILES string of the molecule is Oc1cccn2c(C3CCOC3)nc(Cl)c12. The van der Waals surface area contributed by atoms with Crippen LogP contribution in [-0.4, -0.2) is 27.7 Å². The van der Waals surface area contributed by atoms with Crippen LogP contribution in [0.3, 0.4) is 0 Å². The van der Waals surface area contributed by atoms with E-state index in [2.05, 4.69) is 4.98 Å². The van der Waals surface area contributed by atoms with E-state index in [1.54, 1.807) is 12.1 Å². The largest absolute Gasteiger partial charge is 0.506 e. The molecule has 1 N–H and O–H groups in total. The predicted molar refractivity (Wildman–Crippen MR) is 60.0 cm³/mol. The second kappa shape index (κ2) is 3.64. The van der Waals surface area contributed by atoms with Crippen LogP contribution >= 0.6 is 11.6 Å². The number of hydrogen-bond acceptors (Lipinski definition) is 3. The maximum absolute atomic E-state index is 9.73. The summed E-state index contributed by atoms with van der Waals surface area (Å²) in [7, 11) is 0. The Labute approximate surface area is 97.4 Å². The molecule has 0 bridgehead atoms. The van der Waals surface area contributed by atoms with E-state index in [1.165, 1.54) is 0 Å². The van der Waals surface area contributed by atoms with Gasteiger partial charge in [0.2, 0.25) is 0 Å². The molecule has 2 aromatic rings. The van der Waals surface area contributed by atoms with Crippen LogP contribution in [0.4, 0.5) is 0 Å². The van der Waals surface area contributed by atoms with Gasteiger partial charge in [-0.25, -0.2) is 4.98 Å². The minimum atomic E-state index is 0.158. The molecule has 1 aliphatic heterocycles. The lowest BCUT2D eigenvalue weighted by molar-refractivity contribution is 0.193. The molecule has 5 heteroatoms. The fourth-order valence-electron chi connectivity index (χ4n) is 2.13. The Kier molecular flexibility index (Phi) is 2.26. The van der Waals surface area contributed by atoms with Crippen LogP contribution in [0.5, 0.6) is 5.75 Å². The van der Waals surface area contributed by atoms with Crippen molar-refractivity contribution in [1.82, 2.24) is 9.38 Å². The molecule has 0 spiro atoms. The van der Waals surface area contributed by atoms with Gasteiger partial charge < -0.3 is 9.84 Å². The molecule has 3 heterocycles. The van der Waals surface area contributed by atoms with Crippen molar-refractivity contribution in [2.24, 2.45) is 0 Å². The number of pyridine rings is 1. The zero-order valence-electron chi connectivity index (χ0n) is 8.56. The molecule has 1 unspecified atom stereocenters. The Bertz CT molecular complexity index is 532. The highest BCUT2D eigenvalue weighted by Gasteiger charge is 2.24. The van der Waals surface area contributed by atoms with Crippen LogP contribution in [0.15, 0.2) is 18.3 Å². The topological polar surface area (TPSA) is 46.8 Å². The van der Waals surface area contributed by atoms with Gasteiger partial charge in [-0.3, -0.25) is 4.40 Å². The van der Waals surface area contributed by atoms with E-state index < -0.39 is 0 Å². The molecule has 3 rings (SSSR count). The summed E-state index contributed by atoms with van der Waals surface area (Å²) in [6.07, 6.45) is 2.81. The highest BCUT2D eigenvalue weighted by molar-refractivity contribution is 6.33. The third-order valence-corrected chi connectivity index (χ3v) is 3.19. The van der Waals surface area contributed by atoms with Gasteiger partial charge in [-0.2, -0.15) is 0 Å². The van der Waals surface area contributed by atoms with Crippen molar-refractivity contribution in [2.75, 3.05) is 13.2 Å². The maximum atomic E-state index is 9.73. The summed E-state index contributed by atoms with van der Waals surface area (Å²) >= 11 is 6.03. The molecule has 0 saturated carbocycles. The molecule has 1 saturated heterocycles. The number of nitrogens with zero attached hydrogens (tertiary/aromatic N) is 2. The van der Waals surface area contributed by atoms with Gasteiger partial charge >= 0.3 is 0 Å². The molecule has 1 atom stereocenters. The lowest BCUT2D eigenvalue weighted by atomic mass is 10.1. The normalized spacial score (nSPS) is 20.7. The van der Waals surface area contributed by atoms with Crippen molar-refractivity contribution in [2.45, 2.75) is 12.3 Å². The average molecular weight is 239 g/mol. The molecule has 2 aromatic heterocycles. The number of aromatic hydroxyl groups is 1. The van der Waals surface area contributed by atoms with Crippen molar-refractivity contribution in [1.29, 1.82) is 0 Å². The lowest BCUT2D eigenvalue weighted by Crippen LogP contribution is -2.03. The van der Waals surface area contributed by atoms with Crippen molar-refractivity contribution >= 4 is 17.1 Å². The highest BCUT2D eigenvalue weighted by Crippen LogP contribution is 2.32. The molecular weight excluding hydrogens is 228 g/mol. The van der Waals surface area contributed by atoms with Gasteiger partial charge in [-0.1, -0.05) is 11.6 Å². The van der Waals surface area contributed by atoms with Gasteiger partial charge in [0.15, 0.2) is 5.15 Å². The Morgan fingerprint density at radius 3 is 3.19 bits per heavy atom. The van der Waals surface area contributed by atoms with Crippen molar-refractivity contribution in [3.63, 3.8) is 0 Å². The summed E-state index contributed by atoms with van der Waals surface area (Å²) in [5.74, 6) is 1.29. The minimum Gasteiger partial charge on any atom is -0.506 e. The third kappa shape index (κ3) is 1.37. The fraction of sp³-hybridized carbons (Fsp3) is 0.364. The Morgan fingerprint density at radius 1 is 1.56 bits per heavy atom. The van der Waals surface area contributed by atoms with Gasteiger partial charge in [0.25, 0.3) is 0 Å². The molecule has 0 amide bonds. The number of aromatic nitrogens is 2. The van der Waals surface area contributed by atoms with Gasteiger partial charge in [0.05, 0.1) is 6.61 Å². The number of ether oxygens (including phenoxy) is 1. The monoisotopic (exact) mass is 238 g/mol. The minimum absolute atomic E-state index is 0.158. The van der Waals surface area contributed by atoms with E-state index in [4.69, 9.17) is 16.3 Å². The van der Waals surface area contributed by atoms with Crippen LogP contribution < -0.4 is 0 Å². The molecule has 84 valence electrons. The second-order valence-electron chi connectivity index (χ2n) is 3.93. The van der Waals surface area contributed by atoms with Gasteiger partial charge in [0, 0.05) is 18.7 Å². The standard InChI is InChI=1S/C11H11ClN2O2/c12-10-9-8(15)2-1-4-14(9)11(13-10)7-3-5-16-6-7/h1-2,4,7,15H,3,5-6H2. The number of halogens is 1. The molecule has 4 nitrogen and oxygen atoms in total. The van der Waals surface area contributed by atoms with Crippen molar-refractivity contribution in [3.05, 3.63) is 29.3 Å². The summed E-state index contributed by atoms with van der Waals surface area (Å²) < 4.78 is 7.19. The van der Waals surface area contributed by atoms with Gasteiger partial charge in [-0.05, 0) is 18.6 Å². The molecule has 0 aromatic carbocycles. The summed E-state index contributed by atoms with van der Waals surface area (Å²) in [5.41, 5.74) is 0.575. The maximum Gasteiger partial charge on any atom is 0.158 e. The van der Waals surface area contributed by atoms with E-state index in [0.717, 1.165) is 18.9 Å². The van der Waals surface area contributed by atoms with E-state index in [0.29, 0.717) is 17.3 Å². The van der Waals surface area contributed by atoms with E-state index in [1.807, 2.05) is 10.6 Å². The molecule has 0 aliphatic carbocycles. The second-order valence-corrected chi connectivity index (χ2v) is 4.29. The zero-order chi connectivity index (χ0) is 11.1. The molecule has 0 radical (unpaired) electrons. The van der Waals surface area contributed by atoms with E-state index >= 15 is 0 Å². The Hall–Kier alpha value is -1.26. The van der Waals surface area contributed by atoms with Gasteiger partial charge in [-0.15, -0.1) is 0 Å². The summed E-state index contributed by atoms with van der Waals surface area (Å²) in [6, 6.07) is 3.39. The smallest absolute Gasteiger partial charge is 0.158 e. The van der Waals surface area contributed by atoms with Crippen LogP contribution in [0, 0.1) is 0 Å². The molecule has 1 fully saturated rings. The number of hydrogen-bond donors (Lipinski definition) is 1. The summed E-state index contributed by atoms with van der Waals surface area (Å²) in [4.78, 5) is 4.32. The summed E-state index contributed by atoms with van der Waals surface area (Å²) in [6.45, 7) is 1.43. The number of rotatable bonds is 1. The summed E-state index contributed by atoms with van der Waals surface area (Å²) in [5, 5.41) is 10.1. The quantitative estimate of drug-likeness (QED) is 0.829. The van der Waals surface area contributed by atoms with Crippen LogP contribution in [0.2, 0.25) is 5.15 Å². The Morgan fingerprint density at radius 2 is 2.44 bits per heavy atom. The molecular formula is C11H11ClN2O2. The highest BCUT2D eigenvalue weighted by atomic mass is 35.5. The van der Waals surface area contributed by atoms with Crippen LogP contribution in [0.1, 0.15) is 18.2 Å². The first kappa shape index (κ1) is 9.93. The third-order valence-electron chi connectivity index (χ3n) is 2.92. The molecule has 16 heavy (non-hydrogen) atoms. The number of imidazole rings is 1.